The van der Waals surface area contributed by atoms with Crippen LogP contribution in [0.4, 0.5) is 0 Å². The van der Waals surface area contributed by atoms with Crippen molar-refractivity contribution in [3.8, 4) is 5.75 Å². The minimum atomic E-state index is -0.504. The van der Waals surface area contributed by atoms with E-state index in [9.17, 15) is 4.79 Å². The van der Waals surface area contributed by atoms with Gasteiger partial charge in [0.2, 0.25) is 0 Å². The van der Waals surface area contributed by atoms with Crippen LogP contribution in [0.2, 0.25) is 0 Å². The molecule has 3 nitrogen and oxygen atoms in total. The number of para-hydroxylation sites is 1. The minimum absolute atomic E-state index is 0.0567. The monoisotopic (exact) mass is 263 g/mol. The second-order valence-corrected chi connectivity index (χ2v) is 5.51. The molecule has 0 bridgehead atoms. The summed E-state index contributed by atoms with van der Waals surface area (Å²) < 4.78 is 5.75. The Morgan fingerprint density at radius 1 is 1.32 bits per heavy atom. The zero-order valence-electron chi connectivity index (χ0n) is 12.9. The lowest BCUT2D eigenvalue weighted by Crippen LogP contribution is -2.48. The van der Waals surface area contributed by atoms with Crippen LogP contribution in [0, 0.1) is 0 Å². The average molecular weight is 263 g/mol. The molecule has 1 unspecified atom stereocenters. The smallest absolute Gasteiger partial charge is 0.186 e. The zero-order valence-corrected chi connectivity index (χ0v) is 12.9. The molecule has 19 heavy (non-hydrogen) atoms. The number of Topliss-reactive ketones (excluding diaryl/α,β-unsaturated/α-hetero) is 1. The standard InChI is InChI=1S/C16H25NO2/c1-7-16(4,17(5)6)15(18)13-10-8-9-11-14(13)19-12(2)3/h8-12H,7H2,1-6H3. The van der Waals surface area contributed by atoms with Gasteiger partial charge in [-0.1, -0.05) is 19.1 Å². The lowest BCUT2D eigenvalue weighted by Gasteiger charge is -2.34. The van der Waals surface area contributed by atoms with Gasteiger partial charge < -0.3 is 4.74 Å². The molecule has 0 saturated heterocycles. The van der Waals surface area contributed by atoms with E-state index in [1.54, 1.807) is 0 Å². The first-order valence-corrected chi connectivity index (χ1v) is 6.80. The summed E-state index contributed by atoms with van der Waals surface area (Å²) in [6, 6.07) is 7.48. The van der Waals surface area contributed by atoms with Gasteiger partial charge in [0.25, 0.3) is 0 Å². The van der Waals surface area contributed by atoms with E-state index in [-0.39, 0.29) is 11.9 Å². The summed E-state index contributed by atoms with van der Waals surface area (Å²) in [6.07, 6.45) is 0.815. The highest BCUT2D eigenvalue weighted by molar-refractivity contribution is 6.05. The highest BCUT2D eigenvalue weighted by atomic mass is 16.5. The first-order chi connectivity index (χ1) is 8.82. The SMILES string of the molecule is CCC(C)(C(=O)c1ccccc1OC(C)C)N(C)C. The molecule has 106 valence electrons. The third kappa shape index (κ3) is 3.35. The lowest BCUT2D eigenvalue weighted by atomic mass is 9.87. The van der Waals surface area contributed by atoms with Gasteiger partial charge >= 0.3 is 0 Å². The minimum Gasteiger partial charge on any atom is -0.490 e. The van der Waals surface area contributed by atoms with Gasteiger partial charge in [-0.3, -0.25) is 9.69 Å². The van der Waals surface area contributed by atoms with Crippen LogP contribution in [-0.2, 0) is 0 Å². The van der Waals surface area contributed by atoms with Gasteiger partial charge in [0.1, 0.15) is 5.75 Å². The Hall–Kier alpha value is -1.35. The van der Waals surface area contributed by atoms with Crippen molar-refractivity contribution < 1.29 is 9.53 Å². The number of carbonyl (C=O) groups is 1. The van der Waals surface area contributed by atoms with Crippen LogP contribution in [0.15, 0.2) is 24.3 Å². The summed E-state index contributed by atoms with van der Waals surface area (Å²) in [7, 11) is 3.88. The number of nitrogens with zero attached hydrogens (tertiary/aromatic N) is 1. The largest absolute Gasteiger partial charge is 0.490 e. The van der Waals surface area contributed by atoms with Crippen molar-refractivity contribution in [2.45, 2.75) is 45.8 Å². The van der Waals surface area contributed by atoms with Crippen molar-refractivity contribution >= 4 is 5.78 Å². The third-order valence-electron chi connectivity index (χ3n) is 3.66. The number of likely N-dealkylation sites (N-methyl/N-ethyl adjacent to an activating group) is 1. The first-order valence-electron chi connectivity index (χ1n) is 6.80. The topological polar surface area (TPSA) is 29.5 Å². The summed E-state index contributed by atoms with van der Waals surface area (Å²) in [5.41, 5.74) is 0.158. The van der Waals surface area contributed by atoms with Crippen molar-refractivity contribution in [2.75, 3.05) is 14.1 Å². The number of ketones is 1. The van der Waals surface area contributed by atoms with Crippen LogP contribution in [0.25, 0.3) is 0 Å². The number of rotatable bonds is 6. The number of hydrogen-bond acceptors (Lipinski definition) is 3. The Kier molecular flexibility index (Phi) is 5.12. The van der Waals surface area contributed by atoms with Gasteiger partial charge in [-0.2, -0.15) is 0 Å². The molecule has 0 amide bonds. The van der Waals surface area contributed by atoms with E-state index < -0.39 is 5.54 Å². The van der Waals surface area contributed by atoms with E-state index in [4.69, 9.17) is 4.74 Å². The Bertz CT molecular complexity index is 440. The number of carbonyl (C=O) groups excluding carboxylic acids is 1. The summed E-state index contributed by atoms with van der Waals surface area (Å²) >= 11 is 0. The van der Waals surface area contributed by atoms with Gasteiger partial charge in [0.05, 0.1) is 17.2 Å². The molecule has 0 spiro atoms. The van der Waals surface area contributed by atoms with Gasteiger partial charge in [-0.15, -0.1) is 0 Å². The summed E-state index contributed by atoms with van der Waals surface area (Å²) in [5.74, 6) is 0.778. The predicted molar refractivity (Wildman–Crippen MR) is 78.9 cm³/mol. The van der Waals surface area contributed by atoms with Crippen molar-refractivity contribution in [1.82, 2.24) is 4.90 Å². The molecule has 1 atom stereocenters. The van der Waals surface area contributed by atoms with Crippen molar-refractivity contribution in [3.63, 3.8) is 0 Å². The maximum absolute atomic E-state index is 12.8. The molecule has 0 N–H and O–H groups in total. The van der Waals surface area contributed by atoms with E-state index in [1.807, 2.05) is 71.0 Å². The van der Waals surface area contributed by atoms with Crippen LogP contribution < -0.4 is 4.74 Å². The molecule has 1 aromatic carbocycles. The van der Waals surface area contributed by atoms with E-state index >= 15 is 0 Å². The Balaban J connectivity index is 3.19. The maximum Gasteiger partial charge on any atom is 0.186 e. The van der Waals surface area contributed by atoms with Crippen LogP contribution in [0.5, 0.6) is 5.75 Å². The third-order valence-corrected chi connectivity index (χ3v) is 3.66. The molecule has 1 rings (SSSR count). The Morgan fingerprint density at radius 2 is 1.89 bits per heavy atom. The van der Waals surface area contributed by atoms with Crippen molar-refractivity contribution in [1.29, 1.82) is 0 Å². The van der Waals surface area contributed by atoms with Crippen LogP contribution in [-0.4, -0.2) is 36.4 Å². The molecule has 0 aliphatic heterocycles. The number of ether oxygens (including phenoxy) is 1. The van der Waals surface area contributed by atoms with Gasteiger partial charge in [-0.25, -0.2) is 0 Å². The van der Waals surface area contributed by atoms with E-state index in [1.165, 1.54) is 0 Å². The molecule has 0 fully saturated rings. The summed E-state index contributed by atoms with van der Waals surface area (Å²) in [4.78, 5) is 14.8. The second kappa shape index (κ2) is 6.20. The Morgan fingerprint density at radius 3 is 2.37 bits per heavy atom. The predicted octanol–water partition coefficient (Wildman–Crippen LogP) is 3.39. The molecule has 0 aliphatic carbocycles. The van der Waals surface area contributed by atoms with Gasteiger partial charge in [0, 0.05) is 0 Å². The highest BCUT2D eigenvalue weighted by Crippen LogP contribution is 2.28. The molecule has 0 radical (unpaired) electrons. The lowest BCUT2D eigenvalue weighted by molar-refractivity contribution is 0.0705. The van der Waals surface area contributed by atoms with Gasteiger partial charge in [-0.05, 0) is 53.4 Å². The molecular formula is C16H25NO2. The molecule has 1 aromatic rings. The van der Waals surface area contributed by atoms with Crippen molar-refractivity contribution in [2.24, 2.45) is 0 Å². The molecule has 0 aliphatic rings. The highest BCUT2D eigenvalue weighted by Gasteiger charge is 2.35. The van der Waals surface area contributed by atoms with Gasteiger partial charge in [0.15, 0.2) is 5.78 Å². The Labute approximate surface area is 116 Å². The summed E-state index contributed by atoms with van der Waals surface area (Å²) in [5, 5.41) is 0. The zero-order chi connectivity index (χ0) is 14.6. The average Bonchev–Trinajstić information content (AvgIpc) is 2.36. The molecule has 0 saturated carbocycles. The number of hydrogen-bond donors (Lipinski definition) is 0. The van der Waals surface area contributed by atoms with E-state index in [0.717, 1.165) is 6.42 Å². The van der Waals surface area contributed by atoms with Crippen LogP contribution >= 0.6 is 0 Å². The van der Waals surface area contributed by atoms with Crippen LogP contribution in [0.3, 0.4) is 0 Å². The first kappa shape index (κ1) is 15.7. The second-order valence-electron chi connectivity index (χ2n) is 5.51. The quantitative estimate of drug-likeness (QED) is 0.737. The fourth-order valence-corrected chi connectivity index (χ4v) is 1.98. The normalized spacial score (nSPS) is 14.5. The molecule has 0 aromatic heterocycles. The van der Waals surface area contributed by atoms with Crippen molar-refractivity contribution in [3.05, 3.63) is 29.8 Å². The molecular weight excluding hydrogens is 238 g/mol. The van der Waals surface area contributed by atoms with Crippen LogP contribution in [0.1, 0.15) is 44.5 Å². The fraction of sp³-hybridized carbons (Fsp3) is 0.562. The fourth-order valence-electron chi connectivity index (χ4n) is 1.98. The summed E-state index contributed by atoms with van der Waals surface area (Å²) in [6.45, 7) is 7.93. The van der Waals surface area contributed by atoms with E-state index in [2.05, 4.69) is 0 Å². The van der Waals surface area contributed by atoms with E-state index in [0.29, 0.717) is 11.3 Å². The maximum atomic E-state index is 12.8. The molecule has 3 heteroatoms. The number of benzene rings is 1. The molecule has 0 heterocycles.